The van der Waals surface area contributed by atoms with Crippen molar-refractivity contribution in [3.05, 3.63) is 149 Å². The summed E-state index contributed by atoms with van der Waals surface area (Å²) in [7, 11) is -8.38. The van der Waals surface area contributed by atoms with E-state index < -0.39 is 59.1 Å². The summed E-state index contributed by atoms with van der Waals surface area (Å²) < 4.78 is 146. The molecule has 4 heterocycles. The predicted octanol–water partition coefficient (Wildman–Crippen LogP) is 11.2. The van der Waals surface area contributed by atoms with Crippen LogP contribution >= 0.6 is 57.5 Å². The van der Waals surface area contributed by atoms with Crippen molar-refractivity contribution in [1.29, 1.82) is 0 Å². The fraction of sp³-hybridized carbons (Fsp3) is 0.318. The summed E-state index contributed by atoms with van der Waals surface area (Å²) in [6, 6.07) is 15.5. The quantitative estimate of drug-likeness (QED) is 0.125. The Hall–Kier alpha value is -4.06. The molecule has 2 fully saturated rings. The van der Waals surface area contributed by atoms with Crippen molar-refractivity contribution < 1.29 is 47.6 Å². The number of hydrogen-bond acceptors (Lipinski definition) is 10. The summed E-state index contributed by atoms with van der Waals surface area (Å²) in [6.07, 6.45) is -8.18. The summed E-state index contributed by atoms with van der Waals surface area (Å²) in [5.41, 5.74) is 3.96. The molecule has 0 N–H and O–H groups in total. The van der Waals surface area contributed by atoms with Crippen LogP contribution in [0.15, 0.2) is 93.3 Å². The van der Waals surface area contributed by atoms with Crippen LogP contribution in [0.2, 0.25) is 15.1 Å². The largest absolute Gasteiger partial charge is 0.416 e. The minimum atomic E-state index is -4.69. The standard InChI is InChI=1S/C23H23ClF3N3O2S2.C21H17Cl2F4N3O2S2/c1-15-9-16(2)11-17(10-15)12-19-14-33-22(28-19)29-5-7-30(8-6-29)34(31,32)21-13-18(23(25,26)27)3-4-20(21)24;22-16-3-2-14(21(25,26)27)11-19(16)34(31,32)30-7-5-29(6-8-30)20-28-15(12-33-20)9-13-1-4-18(24)17(23)10-13/h3-4,9-11,13-14H,5-8,12H2,1-2H3;1-4,10-12H,5-9H2. The topological polar surface area (TPSA) is 107 Å². The SMILES string of the molecule is Cc1cc(C)cc(Cc2csc(N3CCN(S(=O)(=O)c4cc(C(F)(F)F)ccc4Cl)CC3)n2)c1.O=S(=O)(c1cc(C(F)(F)F)ccc1Cl)N1CCN(c2nc(Cc3ccc(F)c(Cl)c3)cs2)CC1. The van der Waals surface area contributed by atoms with Gasteiger partial charge in [0.1, 0.15) is 15.6 Å². The zero-order valence-corrected chi connectivity index (χ0v) is 41.4. The van der Waals surface area contributed by atoms with Crippen molar-refractivity contribution in [3.63, 3.8) is 0 Å². The number of nitrogens with zero attached hydrogens (tertiary/aromatic N) is 6. The number of aromatic nitrogens is 2. The van der Waals surface area contributed by atoms with Crippen molar-refractivity contribution in [2.45, 2.75) is 48.8 Å². The fourth-order valence-electron chi connectivity index (χ4n) is 7.56. The van der Waals surface area contributed by atoms with Gasteiger partial charge in [-0.3, -0.25) is 0 Å². The van der Waals surface area contributed by atoms with E-state index in [-0.39, 0.29) is 41.2 Å². The van der Waals surface area contributed by atoms with Gasteiger partial charge in [-0.25, -0.2) is 31.2 Å². The first-order chi connectivity index (χ1) is 31.9. The van der Waals surface area contributed by atoms with E-state index in [4.69, 9.17) is 39.8 Å². The summed E-state index contributed by atoms with van der Waals surface area (Å²) in [4.78, 5) is 12.1. The number of halogens is 10. The maximum absolute atomic E-state index is 13.3. The second-order valence-electron chi connectivity index (χ2n) is 15.9. The molecule has 2 saturated heterocycles. The molecule has 8 rings (SSSR count). The van der Waals surface area contributed by atoms with Gasteiger partial charge in [-0.05, 0) is 73.5 Å². The van der Waals surface area contributed by atoms with E-state index in [1.54, 1.807) is 12.1 Å². The molecule has 0 saturated carbocycles. The number of hydrogen-bond donors (Lipinski definition) is 0. The zero-order valence-electron chi connectivity index (χ0n) is 35.9. The maximum atomic E-state index is 13.3. The number of alkyl halides is 6. The van der Waals surface area contributed by atoms with Gasteiger partial charge in [0.25, 0.3) is 0 Å². The van der Waals surface area contributed by atoms with Crippen LogP contribution in [0, 0.1) is 19.7 Å². The monoisotopic (exact) mass is 1080 g/mol. The molecule has 2 aliphatic heterocycles. The second kappa shape index (κ2) is 20.7. The summed E-state index contributed by atoms with van der Waals surface area (Å²) in [5, 5.41) is 4.89. The number of sulfonamides is 2. The third-order valence-electron chi connectivity index (χ3n) is 10.9. The van der Waals surface area contributed by atoms with Gasteiger partial charge in [0.05, 0.1) is 37.6 Å². The van der Waals surface area contributed by atoms with Crippen LogP contribution in [0.4, 0.5) is 41.0 Å². The van der Waals surface area contributed by atoms with Gasteiger partial charge in [-0.2, -0.15) is 35.0 Å². The van der Waals surface area contributed by atoms with E-state index in [2.05, 4.69) is 37.0 Å². The minimum Gasteiger partial charge on any atom is -0.345 e. The van der Waals surface area contributed by atoms with Crippen molar-refractivity contribution in [1.82, 2.24) is 18.6 Å². The normalized spacial score (nSPS) is 15.6. The Morgan fingerprint density at radius 1 is 0.544 bits per heavy atom. The molecule has 4 aromatic carbocycles. The Balaban J connectivity index is 0.000000201. The molecule has 10 nitrogen and oxygen atoms in total. The van der Waals surface area contributed by atoms with Crippen LogP contribution in [0.25, 0.3) is 0 Å². The van der Waals surface area contributed by atoms with Crippen LogP contribution in [0.3, 0.4) is 0 Å². The van der Waals surface area contributed by atoms with Crippen LogP contribution in [0.1, 0.15) is 44.8 Å². The van der Waals surface area contributed by atoms with Crippen LogP contribution in [-0.2, 0) is 45.2 Å². The highest BCUT2D eigenvalue weighted by molar-refractivity contribution is 7.89. The van der Waals surface area contributed by atoms with Gasteiger partial charge < -0.3 is 9.80 Å². The predicted molar refractivity (Wildman–Crippen MR) is 252 cm³/mol. The third-order valence-corrected chi connectivity index (χ3v) is 17.8. The first kappa shape index (κ1) is 51.8. The average Bonchev–Trinajstić information content (AvgIpc) is 3.94. The van der Waals surface area contributed by atoms with Crippen molar-refractivity contribution in [3.8, 4) is 0 Å². The van der Waals surface area contributed by atoms with E-state index in [0.29, 0.717) is 56.3 Å². The molecular formula is C44H40Cl3F7N6O4S4. The molecule has 364 valence electrons. The molecule has 0 aliphatic carbocycles. The molecule has 2 aromatic heterocycles. The van der Waals surface area contributed by atoms with Gasteiger partial charge >= 0.3 is 12.4 Å². The van der Waals surface area contributed by atoms with Crippen molar-refractivity contribution >= 4 is 87.8 Å². The summed E-state index contributed by atoms with van der Waals surface area (Å²) in [6.45, 7) is 5.89. The number of benzene rings is 4. The molecule has 6 aromatic rings. The van der Waals surface area contributed by atoms with Crippen molar-refractivity contribution in [2.24, 2.45) is 0 Å². The lowest BCUT2D eigenvalue weighted by atomic mass is 10.0. The summed E-state index contributed by atoms with van der Waals surface area (Å²) in [5.74, 6) is -0.497. The van der Waals surface area contributed by atoms with Crippen molar-refractivity contribution in [2.75, 3.05) is 62.2 Å². The Bertz CT molecular complexity index is 2990. The van der Waals surface area contributed by atoms with Crippen LogP contribution in [0.5, 0.6) is 0 Å². The minimum absolute atomic E-state index is 0.0335. The number of aryl methyl sites for hydroxylation is 2. The number of thiazole rings is 2. The Labute approximate surface area is 411 Å². The molecule has 24 heteroatoms. The molecule has 0 unspecified atom stereocenters. The Morgan fingerprint density at radius 2 is 0.956 bits per heavy atom. The zero-order chi connectivity index (χ0) is 49.3. The molecule has 68 heavy (non-hydrogen) atoms. The molecule has 2 aliphatic rings. The molecule has 0 bridgehead atoms. The molecular weight excluding hydrogens is 1040 g/mol. The first-order valence-corrected chi connectivity index (χ1v) is 26.3. The highest BCUT2D eigenvalue weighted by Crippen LogP contribution is 2.37. The average molecular weight is 1080 g/mol. The van der Waals surface area contributed by atoms with Gasteiger partial charge in [0.2, 0.25) is 20.0 Å². The third kappa shape index (κ3) is 12.3. The highest BCUT2D eigenvalue weighted by Gasteiger charge is 2.37. The van der Waals surface area contributed by atoms with Crippen LogP contribution in [-0.4, -0.2) is 87.8 Å². The number of anilines is 2. The first-order valence-electron chi connectivity index (χ1n) is 20.5. The molecule has 0 spiro atoms. The Kier molecular flexibility index (Phi) is 15.8. The number of rotatable bonds is 10. The van der Waals surface area contributed by atoms with Gasteiger partial charge in [-0.1, -0.05) is 70.2 Å². The van der Waals surface area contributed by atoms with E-state index in [1.807, 2.05) is 20.6 Å². The van der Waals surface area contributed by atoms with E-state index in [0.717, 1.165) is 50.7 Å². The smallest absolute Gasteiger partial charge is 0.345 e. The molecule has 0 amide bonds. The molecule has 0 radical (unpaired) electrons. The fourth-order valence-corrected chi connectivity index (χ4v) is 13.4. The lowest BCUT2D eigenvalue weighted by Gasteiger charge is -2.34. The number of piperazine rings is 2. The second-order valence-corrected chi connectivity index (χ2v) is 22.6. The Morgan fingerprint density at radius 3 is 1.35 bits per heavy atom. The summed E-state index contributed by atoms with van der Waals surface area (Å²) >= 11 is 20.6. The maximum Gasteiger partial charge on any atom is 0.416 e. The van der Waals surface area contributed by atoms with Gasteiger partial charge in [0, 0.05) is 76.0 Å². The lowest BCUT2D eigenvalue weighted by Crippen LogP contribution is -2.48. The molecule has 0 atom stereocenters. The van der Waals surface area contributed by atoms with Gasteiger partial charge in [0.15, 0.2) is 10.3 Å². The van der Waals surface area contributed by atoms with E-state index in [9.17, 15) is 47.6 Å². The lowest BCUT2D eigenvalue weighted by molar-refractivity contribution is -0.138. The van der Waals surface area contributed by atoms with Gasteiger partial charge in [-0.15, -0.1) is 22.7 Å². The van der Waals surface area contributed by atoms with Crippen LogP contribution < -0.4 is 9.80 Å². The highest BCUT2D eigenvalue weighted by atomic mass is 35.5. The van der Waals surface area contributed by atoms with E-state index in [1.165, 1.54) is 49.7 Å². The van der Waals surface area contributed by atoms with E-state index >= 15 is 0 Å².